The molecular formula is C19H21ClN4O2. The van der Waals surface area contributed by atoms with Crippen molar-refractivity contribution < 1.29 is 9.53 Å². The summed E-state index contributed by atoms with van der Waals surface area (Å²) in [5, 5.41) is 2.38. The molecule has 6 nitrogen and oxygen atoms in total. The van der Waals surface area contributed by atoms with Gasteiger partial charge >= 0.3 is 0 Å². The Balaban J connectivity index is 2.04. The summed E-state index contributed by atoms with van der Waals surface area (Å²) >= 11 is 6.19. The van der Waals surface area contributed by atoms with Crippen molar-refractivity contribution in [3.05, 3.63) is 34.7 Å². The number of rotatable bonds is 2. The summed E-state index contributed by atoms with van der Waals surface area (Å²) in [6, 6.07) is 5.67. The van der Waals surface area contributed by atoms with Crippen LogP contribution in [0.25, 0.3) is 21.9 Å². The molecule has 1 saturated heterocycles. The average Bonchev–Trinajstić information content (AvgIpc) is 2.93. The minimum absolute atomic E-state index is 0.117. The van der Waals surface area contributed by atoms with Crippen LogP contribution in [0.4, 0.5) is 0 Å². The molecule has 1 fully saturated rings. The molecule has 0 spiro atoms. The SMILES string of the molecule is CN(C)C(=O)c1nc(C2CCOCC2)nc2c1c1ccc(Cl)cc1n2C. The van der Waals surface area contributed by atoms with Gasteiger partial charge in [-0.05, 0) is 25.0 Å². The minimum Gasteiger partial charge on any atom is -0.381 e. The zero-order chi connectivity index (χ0) is 18.4. The van der Waals surface area contributed by atoms with Crippen molar-refractivity contribution in [1.82, 2.24) is 19.4 Å². The van der Waals surface area contributed by atoms with E-state index in [9.17, 15) is 4.79 Å². The van der Waals surface area contributed by atoms with Gasteiger partial charge in [-0.15, -0.1) is 0 Å². The normalized spacial score (nSPS) is 15.7. The van der Waals surface area contributed by atoms with Gasteiger partial charge in [-0.3, -0.25) is 4.79 Å². The van der Waals surface area contributed by atoms with Crippen LogP contribution in [0.5, 0.6) is 0 Å². The van der Waals surface area contributed by atoms with Crippen molar-refractivity contribution in [2.75, 3.05) is 27.3 Å². The van der Waals surface area contributed by atoms with Gasteiger partial charge in [-0.1, -0.05) is 17.7 Å². The molecule has 1 amide bonds. The van der Waals surface area contributed by atoms with E-state index in [0.717, 1.165) is 40.6 Å². The largest absolute Gasteiger partial charge is 0.381 e. The van der Waals surface area contributed by atoms with Gasteiger partial charge < -0.3 is 14.2 Å². The van der Waals surface area contributed by atoms with Crippen LogP contribution >= 0.6 is 11.6 Å². The Hall–Kier alpha value is -2.18. The highest BCUT2D eigenvalue weighted by atomic mass is 35.5. The Morgan fingerprint density at radius 3 is 2.69 bits per heavy atom. The first-order valence-electron chi connectivity index (χ1n) is 8.72. The lowest BCUT2D eigenvalue weighted by Gasteiger charge is -2.21. The fraction of sp³-hybridized carbons (Fsp3) is 0.421. The number of amides is 1. The molecule has 26 heavy (non-hydrogen) atoms. The van der Waals surface area contributed by atoms with Crippen LogP contribution in [-0.2, 0) is 11.8 Å². The van der Waals surface area contributed by atoms with Gasteiger partial charge in [0, 0.05) is 50.7 Å². The van der Waals surface area contributed by atoms with E-state index in [1.807, 2.05) is 29.8 Å². The zero-order valence-corrected chi connectivity index (χ0v) is 15.9. The van der Waals surface area contributed by atoms with Gasteiger partial charge in [0.2, 0.25) is 0 Å². The highest BCUT2D eigenvalue weighted by Crippen LogP contribution is 2.33. The van der Waals surface area contributed by atoms with Crippen LogP contribution < -0.4 is 0 Å². The van der Waals surface area contributed by atoms with E-state index in [0.29, 0.717) is 23.9 Å². The average molecular weight is 373 g/mol. The highest BCUT2D eigenvalue weighted by molar-refractivity contribution is 6.31. The monoisotopic (exact) mass is 372 g/mol. The molecule has 1 aliphatic heterocycles. The molecule has 0 radical (unpaired) electrons. The van der Waals surface area contributed by atoms with E-state index in [1.54, 1.807) is 19.0 Å². The molecule has 0 saturated carbocycles. The first-order valence-corrected chi connectivity index (χ1v) is 9.10. The van der Waals surface area contributed by atoms with E-state index < -0.39 is 0 Å². The quantitative estimate of drug-likeness (QED) is 0.692. The van der Waals surface area contributed by atoms with Crippen LogP contribution in [0.2, 0.25) is 5.02 Å². The van der Waals surface area contributed by atoms with E-state index in [2.05, 4.69) is 0 Å². The number of carbonyl (C=O) groups is 1. The Morgan fingerprint density at radius 2 is 2.00 bits per heavy atom. The number of fused-ring (bicyclic) bond motifs is 3. The lowest BCUT2D eigenvalue weighted by molar-refractivity contribution is 0.0813. The number of ether oxygens (including phenoxy) is 1. The van der Waals surface area contributed by atoms with Crippen molar-refractivity contribution in [2.45, 2.75) is 18.8 Å². The predicted octanol–water partition coefficient (Wildman–Crippen LogP) is 3.37. The number of hydrogen-bond acceptors (Lipinski definition) is 4. The maximum absolute atomic E-state index is 12.9. The molecule has 3 aromatic rings. The lowest BCUT2D eigenvalue weighted by Crippen LogP contribution is -2.25. The van der Waals surface area contributed by atoms with Crippen LogP contribution in [0, 0.1) is 0 Å². The summed E-state index contributed by atoms with van der Waals surface area (Å²) in [7, 11) is 5.43. The number of hydrogen-bond donors (Lipinski definition) is 0. The third-order valence-electron chi connectivity index (χ3n) is 5.01. The molecule has 136 valence electrons. The first-order chi connectivity index (χ1) is 12.5. The van der Waals surface area contributed by atoms with Gasteiger partial charge in [0.15, 0.2) is 0 Å². The Morgan fingerprint density at radius 1 is 1.27 bits per heavy atom. The summed E-state index contributed by atoms with van der Waals surface area (Å²) in [6.45, 7) is 1.40. The molecule has 3 heterocycles. The topological polar surface area (TPSA) is 60.3 Å². The van der Waals surface area contributed by atoms with Crippen molar-refractivity contribution in [2.24, 2.45) is 7.05 Å². The summed E-state index contributed by atoms with van der Waals surface area (Å²) < 4.78 is 7.45. The van der Waals surface area contributed by atoms with Gasteiger partial charge in [-0.25, -0.2) is 9.97 Å². The molecule has 7 heteroatoms. The predicted molar refractivity (Wildman–Crippen MR) is 102 cm³/mol. The molecule has 1 aromatic carbocycles. The smallest absolute Gasteiger partial charge is 0.272 e. The molecule has 0 atom stereocenters. The fourth-order valence-electron chi connectivity index (χ4n) is 3.57. The van der Waals surface area contributed by atoms with Crippen molar-refractivity contribution in [1.29, 1.82) is 0 Å². The molecule has 1 aliphatic rings. The van der Waals surface area contributed by atoms with Crippen LogP contribution in [0.3, 0.4) is 0 Å². The Kier molecular flexibility index (Phi) is 4.32. The maximum atomic E-state index is 12.9. The Labute approximate surface area is 156 Å². The van der Waals surface area contributed by atoms with Crippen LogP contribution in [-0.4, -0.2) is 52.7 Å². The van der Waals surface area contributed by atoms with Gasteiger partial charge in [0.1, 0.15) is 17.2 Å². The maximum Gasteiger partial charge on any atom is 0.272 e. The summed E-state index contributed by atoms with van der Waals surface area (Å²) in [5.41, 5.74) is 2.16. The zero-order valence-electron chi connectivity index (χ0n) is 15.1. The molecule has 0 aliphatic carbocycles. The standard InChI is InChI=1S/C19H21ClN4O2/c1-23(2)19(25)16-15-13-5-4-12(20)10-14(13)24(3)18(15)22-17(21-16)11-6-8-26-9-7-11/h4-5,10-11H,6-9H2,1-3H3. The number of aryl methyl sites for hydroxylation is 1. The lowest BCUT2D eigenvalue weighted by atomic mass is 9.99. The van der Waals surface area contributed by atoms with Crippen molar-refractivity contribution in [3.8, 4) is 0 Å². The van der Waals surface area contributed by atoms with E-state index >= 15 is 0 Å². The number of nitrogens with zero attached hydrogens (tertiary/aromatic N) is 4. The molecule has 0 unspecified atom stereocenters. The van der Waals surface area contributed by atoms with Crippen LogP contribution in [0.15, 0.2) is 18.2 Å². The Bertz CT molecular complexity index is 1010. The molecule has 4 rings (SSSR count). The van der Waals surface area contributed by atoms with Crippen molar-refractivity contribution in [3.63, 3.8) is 0 Å². The summed E-state index contributed by atoms with van der Waals surface area (Å²) in [6.07, 6.45) is 1.74. The number of carbonyl (C=O) groups excluding carboxylic acids is 1. The summed E-state index contributed by atoms with van der Waals surface area (Å²) in [5.74, 6) is 0.819. The number of aromatic nitrogens is 3. The van der Waals surface area contributed by atoms with Gasteiger partial charge in [-0.2, -0.15) is 0 Å². The second-order valence-corrected chi connectivity index (χ2v) is 7.37. The third-order valence-corrected chi connectivity index (χ3v) is 5.25. The van der Waals surface area contributed by atoms with Crippen molar-refractivity contribution >= 4 is 39.4 Å². The molecule has 0 bridgehead atoms. The van der Waals surface area contributed by atoms with Gasteiger partial charge in [0.25, 0.3) is 5.91 Å². The third kappa shape index (κ3) is 2.73. The van der Waals surface area contributed by atoms with E-state index in [4.69, 9.17) is 26.3 Å². The second-order valence-electron chi connectivity index (χ2n) is 6.94. The highest BCUT2D eigenvalue weighted by Gasteiger charge is 2.26. The minimum atomic E-state index is -0.117. The van der Waals surface area contributed by atoms with Gasteiger partial charge in [0.05, 0.1) is 10.9 Å². The van der Waals surface area contributed by atoms with Crippen LogP contribution in [0.1, 0.15) is 35.1 Å². The van der Waals surface area contributed by atoms with E-state index in [-0.39, 0.29) is 11.8 Å². The second kappa shape index (κ2) is 6.52. The number of halogens is 1. The first kappa shape index (κ1) is 17.2. The summed E-state index contributed by atoms with van der Waals surface area (Å²) in [4.78, 5) is 24.0. The van der Waals surface area contributed by atoms with E-state index in [1.165, 1.54) is 0 Å². The number of benzene rings is 1. The molecule has 2 aromatic heterocycles. The fourth-order valence-corrected chi connectivity index (χ4v) is 3.74. The molecular weight excluding hydrogens is 352 g/mol. The molecule has 0 N–H and O–H groups in total.